The van der Waals surface area contributed by atoms with Crippen LogP contribution in [0.25, 0.3) is 0 Å². The van der Waals surface area contributed by atoms with Crippen molar-refractivity contribution in [3.63, 3.8) is 0 Å². The monoisotopic (exact) mass is 228 g/mol. The minimum Gasteiger partial charge on any atom is -0.383 e. The molecule has 2 N–H and O–H groups in total. The van der Waals surface area contributed by atoms with Gasteiger partial charge in [-0.1, -0.05) is 12.8 Å². The van der Waals surface area contributed by atoms with E-state index >= 15 is 0 Å². The highest BCUT2D eigenvalue weighted by atomic mass is 16.5. The summed E-state index contributed by atoms with van der Waals surface area (Å²) in [5.41, 5.74) is 0. The minimum absolute atomic E-state index is 0.0831. The van der Waals surface area contributed by atoms with Crippen molar-refractivity contribution in [1.82, 2.24) is 10.6 Å². The van der Waals surface area contributed by atoms with Crippen molar-refractivity contribution in [1.29, 1.82) is 0 Å². The standard InChI is InChI=1S/C11H20N2O3/c1-16-7-6-12-10(14)8-11(15)13-9-4-2-3-5-9/h9H,2-8H2,1H3,(H,12,14)(H,13,15). The Bertz CT molecular complexity index is 237. The van der Waals surface area contributed by atoms with Crippen molar-refractivity contribution in [3.05, 3.63) is 0 Å². The lowest BCUT2D eigenvalue weighted by molar-refractivity contribution is -0.129. The van der Waals surface area contributed by atoms with E-state index in [1.54, 1.807) is 7.11 Å². The molecular formula is C11H20N2O3. The summed E-state index contributed by atoms with van der Waals surface area (Å²) in [5.74, 6) is -0.422. The highest BCUT2D eigenvalue weighted by molar-refractivity contribution is 5.96. The molecule has 0 bridgehead atoms. The number of carbonyl (C=O) groups excluding carboxylic acids is 2. The third-order valence-electron chi connectivity index (χ3n) is 2.67. The molecule has 0 atom stereocenters. The van der Waals surface area contributed by atoms with Crippen LogP contribution >= 0.6 is 0 Å². The van der Waals surface area contributed by atoms with Crippen molar-refractivity contribution in [2.24, 2.45) is 0 Å². The molecule has 0 radical (unpaired) electrons. The van der Waals surface area contributed by atoms with Crippen molar-refractivity contribution >= 4 is 11.8 Å². The van der Waals surface area contributed by atoms with Crippen molar-refractivity contribution < 1.29 is 14.3 Å². The number of hydrogen-bond acceptors (Lipinski definition) is 3. The number of rotatable bonds is 6. The van der Waals surface area contributed by atoms with Crippen LogP contribution < -0.4 is 10.6 Å². The zero-order valence-corrected chi connectivity index (χ0v) is 9.75. The molecule has 92 valence electrons. The molecule has 2 amide bonds. The fourth-order valence-corrected chi connectivity index (χ4v) is 1.85. The molecule has 0 spiro atoms. The van der Waals surface area contributed by atoms with E-state index in [0.29, 0.717) is 13.2 Å². The molecular weight excluding hydrogens is 208 g/mol. The molecule has 1 rings (SSSR count). The summed E-state index contributed by atoms with van der Waals surface area (Å²) in [5, 5.41) is 5.48. The second-order valence-electron chi connectivity index (χ2n) is 4.07. The second kappa shape index (κ2) is 7.22. The van der Waals surface area contributed by atoms with Gasteiger partial charge in [0, 0.05) is 19.7 Å². The molecule has 0 aliphatic heterocycles. The number of carbonyl (C=O) groups is 2. The van der Waals surface area contributed by atoms with E-state index in [1.165, 1.54) is 12.8 Å². The Morgan fingerprint density at radius 3 is 2.56 bits per heavy atom. The Labute approximate surface area is 95.9 Å². The molecule has 1 aliphatic rings. The lowest BCUT2D eigenvalue weighted by Gasteiger charge is -2.11. The summed E-state index contributed by atoms with van der Waals surface area (Å²) < 4.78 is 4.79. The maximum absolute atomic E-state index is 11.4. The van der Waals surface area contributed by atoms with Crippen LogP contribution in [-0.4, -0.2) is 38.1 Å². The third-order valence-corrected chi connectivity index (χ3v) is 2.67. The highest BCUT2D eigenvalue weighted by Gasteiger charge is 2.18. The summed E-state index contributed by atoms with van der Waals surface area (Å²) in [7, 11) is 1.57. The summed E-state index contributed by atoms with van der Waals surface area (Å²) in [6, 6.07) is 0.277. The van der Waals surface area contributed by atoms with Gasteiger partial charge in [-0.25, -0.2) is 0 Å². The quantitative estimate of drug-likeness (QED) is 0.504. The average molecular weight is 228 g/mol. The maximum Gasteiger partial charge on any atom is 0.229 e. The summed E-state index contributed by atoms with van der Waals surface area (Å²) in [6.45, 7) is 0.919. The molecule has 1 fully saturated rings. The van der Waals surface area contributed by atoms with E-state index in [9.17, 15) is 9.59 Å². The molecule has 5 nitrogen and oxygen atoms in total. The first-order valence-electron chi connectivity index (χ1n) is 5.77. The predicted octanol–water partition coefficient (Wildman–Crippen LogP) is 0.198. The topological polar surface area (TPSA) is 67.4 Å². The maximum atomic E-state index is 11.4. The lowest BCUT2D eigenvalue weighted by atomic mass is 10.2. The molecule has 16 heavy (non-hydrogen) atoms. The van der Waals surface area contributed by atoms with E-state index < -0.39 is 0 Å². The first kappa shape index (κ1) is 13.0. The molecule has 0 aromatic heterocycles. The first-order valence-corrected chi connectivity index (χ1v) is 5.77. The second-order valence-corrected chi connectivity index (χ2v) is 4.07. The van der Waals surface area contributed by atoms with Gasteiger partial charge in [0.2, 0.25) is 11.8 Å². The Morgan fingerprint density at radius 2 is 1.94 bits per heavy atom. The number of methoxy groups -OCH3 is 1. The molecule has 0 saturated heterocycles. The van der Waals surface area contributed by atoms with Gasteiger partial charge in [-0.05, 0) is 12.8 Å². The van der Waals surface area contributed by atoms with Gasteiger partial charge >= 0.3 is 0 Å². The Balaban J connectivity index is 2.10. The number of amides is 2. The van der Waals surface area contributed by atoms with E-state index in [1.807, 2.05) is 0 Å². The van der Waals surface area contributed by atoms with Crippen LogP contribution in [0.2, 0.25) is 0 Å². The fourth-order valence-electron chi connectivity index (χ4n) is 1.85. The predicted molar refractivity (Wildman–Crippen MR) is 59.9 cm³/mol. The molecule has 0 heterocycles. The van der Waals surface area contributed by atoms with Crippen molar-refractivity contribution in [3.8, 4) is 0 Å². The first-order chi connectivity index (χ1) is 7.72. The summed E-state index contributed by atoms with van der Waals surface area (Å²) >= 11 is 0. The van der Waals surface area contributed by atoms with Crippen LogP contribution in [0.3, 0.4) is 0 Å². The largest absolute Gasteiger partial charge is 0.383 e. The Kier molecular flexibility index (Phi) is 5.85. The van der Waals surface area contributed by atoms with Gasteiger partial charge < -0.3 is 15.4 Å². The lowest BCUT2D eigenvalue weighted by Crippen LogP contribution is -2.37. The van der Waals surface area contributed by atoms with Gasteiger partial charge in [0.25, 0.3) is 0 Å². The highest BCUT2D eigenvalue weighted by Crippen LogP contribution is 2.17. The van der Waals surface area contributed by atoms with Crippen molar-refractivity contribution in [2.45, 2.75) is 38.1 Å². The van der Waals surface area contributed by atoms with Crippen LogP contribution in [0.4, 0.5) is 0 Å². The molecule has 5 heteroatoms. The average Bonchev–Trinajstić information content (AvgIpc) is 2.70. The Hall–Kier alpha value is -1.10. The van der Waals surface area contributed by atoms with Crippen LogP contribution in [0, 0.1) is 0 Å². The molecule has 0 aromatic rings. The molecule has 0 aromatic carbocycles. The zero-order valence-electron chi connectivity index (χ0n) is 9.75. The van der Waals surface area contributed by atoms with Gasteiger partial charge in [0.1, 0.15) is 6.42 Å². The van der Waals surface area contributed by atoms with Gasteiger partial charge in [0.15, 0.2) is 0 Å². The smallest absolute Gasteiger partial charge is 0.229 e. The molecule has 1 aliphatic carbocycles. The number of ether oxygens (including phenoxy) is 1. The van der Waals surface area contributed by atoms with Gasteiger partial charge in [0.05, 0.1) is 6.61 Å². The Morgan fingerprint density at radius 1 is 1.25 bits per heavy atom. The van der Waals surface area contributed by atoms with Gasteiger partial charge in [-0.3, -0.25) is 9.59 Å². The minimum atomic E-state index is -0.243. The summed E-state index contributed by atoms with van der Waals surface area (Å²) in [4.78, 5) is 22.7. The third kappa shape index (κ3) is 5.11. The fraction of sp³-hybridized carbons (Fsp3) is 0.818. The molecule has 0 unspecified atom stereocenters. The number of nitrogens with one attached hydrogen (secondary N) is 2. The SMILES string of the molecule is COCCNC(=O)CC(=O)NC1CCCC1. The molecule has 1 saturated carbocycles. The van der Waals surface area contributed by atoms with Crippen LogP contribution in [-0.2, 0) is 14.3 Å². The number of hydrogen-bond donors (Lipinski definition) is 2. The van der Waals surface area contributed by atoms with E-state index in [0.717, 1.165) is 12.8 Å². The van der Waals surface area contributed by atoms with Gasteiger partial charge in [-0.15, -0.1) is 0 Å². The van der Waals surface area contributed by atoms with Crippen LogP contribution in [0.15, 0.2) is 0 Å². The van der Waals surface area contributed by atoms with Gasteiger partial charge in [-0.2, -0.15) is 0 Å². The van der Waals surface area contributed by atoms with E-state index in [2.05, 4.69) is 10.6 Å². The summed E-state index contributed by atoms with van der Waals surface area (Å²) in [6.07, 6.45) is 4.34. The van der Waals surface area contributed by atoms with Crippen molar-refractivity contribution in [2.75, 3.05) is 20.3 Å². The van der Waals surface area contributed by atoms with E-state index in [-0.39, 0.29) is 24.3 Å². The normalized spacial score (nSPS) is 16.1. The zero-order chi connectivity index (χ0) is 11.8. The van der Waals surface area contributed by atoms with E-state index in [4.69, 9.17) is 4.74 Å². The van der Waals surface area contributed by atoms with Crippen LogP contribution in [0.5, 0.6) is 0 Å². The van der Waals surface area contributed by atoms with Crippen LogP contribution in [0.1, 0.15) is 32.1 Å².